The number of hydrogen-bond donors (Lipinski definition) is 1. The lowest BCUT2D eigenvalue weighted by Gasteiger charge is -2.16. The van der Waals surface area contributed by atoms with E-state index in [0.29, 0.717) is 23.9 Å². The van der Waals surface area contributed by atoms with Gasteiger partial charge in [0.25, 0.3) is 0 Å². The molecule has 0 saturated carbocycles. The fourth-order valence-electron chi connectivity index (χ4n) is 2.15. The average molecular weight is 305 g/mol. The Morgan fingerprint density at radius 1 is 1.26 bits per heavy atom. The van der Waals surface area contributed by atoms with Crippen molar-refractivity contribution in [1.82, 2.24) is 4.31 Å². The van der Waals surface area contributed by atoms with Crippen molar-refractivity contribution in [1.29, 1.82) is 0 Å². The molecule has 0 bridgehead atoms. The van der Waals surface area contributed by atoms with Crippen LogP contribution in [-0.2, 0) is 10.0 Å². The molecule has 1 aliphatic heterocycles. The first-order valence-corrected chi connectivity index (χ1v) is 7.71. The van der Waals surface area contributed by atoms with E-state index in [4.69, 9.17) is 5.73 Å². The van der Waals surface area contributed by atoms with Gasteiger partial charge in [0.15, 0.2) is 0 Å². The minimum absolute atomic E-state index is 0. The molecule has 1 aromatic carbocycles. The van der Waals surface area contributed by atoms with Crippen LogP contribution in [0.15, 0.2) is 29.2 Å². The highest BCUT2D eigenvalue weighted by Crippen LogP contribution is 2.22. The van der Waals surface area contributed by atoms with Crippen LogP contribution in [0.5, 0.6) is 0 Å². The summed E-state index contributed by atoms with van der Waals surface area (Å²) in [7, 11) is -3.36. The van der Waals surface area contributed by atoms with Gasteiger partial charge in [0.2, 0.25) is 10.0 Å². The molecule has 1 aromatic rings. The molecule has 1 fully saturated rings. The average Bonchev–Trinajstić information content (AvgIpc) is 2.76. The van der Waals surface area contributed by atoms with Crippen LogP contribution in [0.25, 0.3) is 0 Å². The van der Waals surface area contributed by atoms with E-state index in [-0.39, 0.29) is 18.4 Å². The van der Waals surface area contributed by atoms with Crippen molar-refractivity contribution in [3.8, 4) is 0 Å². The molecular weight excluding hydrogens is 284 g/mol. The van der Waals surface area contributed by atoms with E-state index in [2.05, 4.69) is 13.8 Å². The quantitative estimate of drug-likeness (QED) is 0.928. The van der Waals surface area contributed by atoms with Crippen molar-refractivity contribution in [2.45, 2.75) is 37.1 Å². The Kier molecular flexibility index (Phi) is 5.38. The molecule has 0 amide bonds. The number of hydrogen-bond acceptors (Lipinski definition) is 3. The highest BCUT2D eigenvalue weighted by atomic mass is 35.5. The van der Waals surface area contributed by atoms with Crippen LogP contribution in [0.3, 0.4) is 0 Å². The van der Waals surface area contributed by atoms with E-state index in [1.54, 1.807) is 12.1 Å². The van der Waals surface area contributed by atoms with Crippen LogP contribution in [0.2, 0.25) is 0 Å². The second-order valence-corrected chi connectivity index (χ2v) is 7.07. The maximum Gasteiger partial charge on any atom is 0.243 e. The van der Waals surface area contributed by atoms with Crippen molar-refractivity contribution in [2.75, 3.05) is 13.1 Å². The zero-order valence-electron chi connectivity index (χ0n) is 11.2. The highest BCUT2D eigenvalue weighted by molar-refractivity contribution is 7.89. The van der Waals surface area contributed by atoms with E-state index in [1.807, 2.05) is 12.1 Å². The Bertz CT molecular complexity index is 514. The standard InChI is InChI=1S/C13H20N2O2S.ClH/c1-10(2)11-3-5-13(6-4-11)18(16,17)15-8-7-12(14)9-15;/h3-6,10,12H,7-9,14H2,1-2H3;1H/t12-;/m1./s1. The fourth-order valence-corrected chi connectivity index (χ4v) is 3.66. The summed E-state index contributed by atoms with van der Waals surface area (Å²) < 4.78 is 26.1. The molecule has 1 saturated heterocycles. The first-order valence-electron chi connectivity index (χ1n) is 6.27. The summed E-state index contributed by atoms with van der Waals surface area (Å²) in [4.78, 5) is 0.362. The van der Waals surface area contributed by atoms with Crippen LogP contribution < -0.4 is 5.73 Å². The van der Waals surface area contributed by atoms with E-state index in [0.717, 1.165) is 12.0 Å². The predicted octanol–water partition coefficient (Wildman–Crippen LogP) is 1.95. The second kappa shape index (κ2) is 6.22. The molecule has 2 rings (SSSR count). The van der Waals surface area contributed by atoms with Gasteiger partial charge in [-0.1, -0.05) is 26.0 Å². The summed E-state index contributed by atoms with van der Waals surface area (Å²) in [6.45, 7) is 5.12. The highest BCUT2D eigenvalue weighted by Gasteiger charge is 2.30. The first kappa shape index (κ1) is 16.4. The molecule has 1 heterocycles. The number of sulfonamides is 1. The van der Waals surface area contributed by atoms with Crippen LogP contribution in [-0.4, -0.2) is 31.9 Å². The third-order valence-electron chi connectivity index (χ3n) is 3.37. The number of nitrogens with two attached hydrogens (primary N) is 1. The molecule has 19 heavy (non-hydrogen) atoms. The normalized spacial score (nSPS) is 20.5. The van der Waals surface area contributed by atoms with Gasteiger partial charge >= 0.3 is 0 Å². The van der Waals surface area contributed by atoms with Gasteiger partial charge in [-0.2, -0.15) is 4.31 Å². The largest absolute Gasteiger partial charge is 0.326 e. The van der Waals surface area contributed by atoms with Crippen LogP contribution in [0, 0.1) is 0 Å². The summed E-state index contributed by atoms with van der Waals surface area (Å²) in [5, 5.41) is 0. The zero-order valence-corrected chi connectivity index (χ0v) is 12.9. The second-order valence-electron chi connectivity index (χ2n) is 5.14. The van der Waals surface area contributed by atoms with E-state index in [9.17, 15) is 8.42 Å². The molecule has 0 aromatic heterocycles. The van der Waals surface area contributed by atoms with E-state index >= 15 is 0 Å². The molecule has 1 aliphatic rings. The van der Waals surface area contributed by atoms with Crippen LogP contribution >= 0.6 is 12.4 Å². The van der Waals surface area contributed by atoms with E-state index < -0.39 is 10.0 Å². The van der Waals surface area contributed by atoms with Gasteiger partial charge in [-0.25, -0.2) is 8.42 Å². The maximum absolute atomic E-state index is 12.3. The van der Waals surface area contributed by atoms with E-state index in [1.165, 1.54) is 4.31 Å². The number of benzene rings is 1. The Morgan fingerprint density at radius 3 is 2.26 bits per heavy atom. The summed E-state index contributed by atoms with van der Waals surface area (Å²) >= 11 is 0. The number of rotatable bonds is 3. The van der Waals surface area contributed by atoms with Crippen LogP contribution in [0.4, 0.5) is 0 Å². The molecule has 0 radical (unpaired) electrons. The first-order chi connectivity index (χ1) is 8.41. The van der Waals surface area contributed by atoms with Crippen molar-refractivity contribution in [2.24, 2.45) is 5.73 Å². The molecule has 4 nitrogen and oxygen atoms in total. The molecule has 0 aliphatic carbocycles. The Labute approximate surface area is 121 Å². The van der Waals surface area contributed by atoms with Crippen molar-refractivity contribution in [3.63, 3.8) is 0 Å². The Balaban J connectivity index is 0.00000180. The maximum atomic E-state index is 12.3. The Hall–Kier alpha value is -0.620. The third-order valence-corrected chi connectivity index (χ3v) is 5.25. The molecule has 6 heteroatoms. The summed E-state index contributed by atoms with van der Waals surface area (Å²) in [6.07, 6.45) is 0.739. The minimum Gasteiger partial charge on any atom is -0.326 e. The number of nitrogens with zero attached hydrogens (tertiary/aromatic N) is 1. The summed E-state index contributed by atoms with van der Waals surface area (Å²) in [5.41, 5.74) is 6.90. The lowest BCUT2D eigenvalue weighted by Crippen LogP contribution is -2.31. The Morgan fingerprint density at radius 2 is 1.84 bits per heavy atom. The van der Waals surface area contributed by atoms with Crippen molar-refractivity contribution >= 4 is 22.4 Å². The van der Waals surface area contributed by atoms with Gasteiger partial charge in [-0.3, -0.25) is 0 Å². The van der Waals surface area contributed by atoms with Gasteiger partial charge in [0.1, 0.15) is 0 Å². The number of halogens is 1. The smallest absolute Gasteiger partial charge is 0.243 e. The van der Waals surface area contributed by atoms with Gasteiger partial charge in [0, 0.05) is 19.1 Å². The topological polar surface area (TPSA) is 63.4 Å². The fraction of sp³-hybridized carbons (Fsp3) is 0.538. The van der Waals surface area contributed by atoms with Gasteiger partial charge in [-0.15, -0.1) is 12.4 Å². The third kappa shape index (κ3) is 3.48. The summed E-state index contributed by atoms with van der Waals surface area (Å²) in [5.74, 6) is 0.405. The zero-order chi connectivity index (χ0) is 13.3. The lowest BCUT2D eigenvalue weighted by molar-refractivity contribution is 0.472. The SMILES string of the molecule is CC(C)c1ccc(S(=O)(=O)N2CC[C@@H](N)C2)cc1.Cl. The molecule has 1 atom stereocenters. The van der Waals surface area contributed by atoms with Gasteiger partial charge in [-0.05, 0) is 30.0 Å². The molecule has 108 valence electrons. The molecule has 0 unspecified atom stereocenters. The predicted molar refractivity (Wildman–Crippen MR) is 79.1 cm³/mol. The molecule has 2 N–H and O–H groups in total. The lowest BCUT2D eigenvalue weighted by atomic mass is 10.0. The summed E-state index contributed by atoms with van der Waals surface area (Å²) in [6, 6.07) is 7.11. The van der Waals surface area contributed by atoms with Gasteiger partial charge in [0.05, 0.1) is 4.90 Å². The van der Waals surface area contributed by atoms with Crippen LogP contribution in [0.1, 0.15) is 31.7 Å². The van der Waals surface area contributed by atoms with Crippen molar-refractivity contribution in [3.05, 3.63) is 29.8 Å². The minimum atomic E-state index is -3.36. The molecule has 0 spiro atoms. The monoisotopic (exact) mass is 304 g/mol. The van der Waals surface area contributed by atoms with Gasteiger partial charge < -0.3 is 5.73 Å². The van der Waals surface area contributed by atoms with Crippen molar-refractivity contribution < 1.29 is 8.42 Å². The molecular formula is C13H21ClN2O2S.